The fourth-order valence-corrected chi connectivity index (χ4v) is 4.11. The Kier molecular flexibility index (Phi) is 4.36. The van der Waals surface area contributed by atoms with Crippen molar-refractivity contribution in [1.29, 1.82) is 0 Å². The molecule has 2 nitrogen and oxygen atoms in total. The summed E-state index contributed by atoms with van der Waals surface area (Å²) in [5.41, 5.74) is 9.08. The summed E-state index contributed by atoms with van der Waals surface area (Å²) in [5, 5.41) is 10.3. The van der Waals surface area contributed by atoms with Gasteiger partial charge in [0.2, 0.25) is 0 Å². The van der Waals surface area contributed by atoms with Crippen molar-refractivity contribution in [2.24, 2.45) is 5.73 Å². The molecule has 0 aliphatic heterocycles. The molecule has 0 amide bonds. The van der Waals surface area contributed by atoms with E-state index in [0.29, 0.717) is 11.2 Å². The Bertz CT molecular complexity index is 407. The lowest BCUT2D eigenvalue weighted by Crippen LogP contribution is -2.33. The van der Waals surface area contributed by atoms with Gasteiger partial charge in [-0.1, -0.05) is 38.1 Å². The molecule has 5 unspecified atom stereocenters. The molecule has 1 aromatic rings. The van der Waals surface area contributed by atoms with Gasteiger partial charge >= 0.3 is 0 Å². The molecule has 3 N–H and O–H groups in total. The standard InChI is InChI=1S/C15H23NOS/c1-9-8-14(18-11(3)10(2)17)15(16)13-7-5-4-6-12(9)13/h4-7,9-11,14-15,17H,8,16H2,1-3H3. The highest BCUT2D eigenvalue weighted by Gasteiger charge is 2.32. The van der Waals surface area contributed by atoms with Gasteiger partial charge in [0, 0.05) is 16.5 Å². The summed E-state index contributed by atoms with van der Waals surface area (Å²) in [7, 11) is 0. The Labute approximate surface area is 114 Å². The van der Waals surface area contributed by atoms with E-state index in [1.165, 1.54) is 11.1 Å². The maximum atomic E-state index is 9.64. The second kappa shape index (κ2) is 5.64. The molecule has 1 aromatic carbocycles. The zero-order chi connectivity index (χ0) is 13.3. The first-order chi connectivity index (χ1) is 8.50. The van der Waals surface area contributed by atoms with E-state index in [1.807, 2.05) is 18.7 Å². The number of hydrogen-bond donors (Lipinski definition) is 2. The summed E-state index contributed by atoms with van der Waals surface area (Å²) in [4.78, 5) is 0. The average Bonchev–Trinajstić information content (AvgIpc) is 2.35. The SMILES string of the molecule is CC1CC(SC(C)C(C)O)C(N)c2ccccc21. The monoisotopic (exact) mass is 265 g/mol. The summed E-state index contributed by atoms with van der Waals surface area (Å²) in [6.07, 6.45) is 0.814. The zero-order valence-corrected chi connectivity index (χ0v) is 12.2. The van der Waals surface area contributed by atoms with Gasteiger partial charge in [-0.3, -0.25) is 0 Å². The van der Waals surface area contributed by atoms with Gasteiger partial charge in [0.15, 0.2) is 0 Å². The minimum atomic E-state index is -0.283. The summed E-state index contributed by atoms with van der Waals surface area (Å²) >= 11 is 1.83. The minimum Gasteiger partial charge on any atom is -0.392 e. The van der Waals surface area contributed by atoms with Crippen molar-refractivity contribution in [3.63, 3.8) is 0 Å². The number of hydrogen-bond acceptors (Lipinski definition) is 3. The average molecular weight is 265 g/mol. The van der Waals surface area contributed by atoms with E-state index in [1.54, 1.807) is 0 Å². The second-order valence-electron chi connectivity index (χ2n) is 5.41. The van der Waals surface area contributed by atoms with Gasteiger partial charge in [-0.2, -0.15) is 11.8 Å². The Hall–Kier alpha value is -0.510. The Morgan fingerprint density at radius 2 is 1.89 bits per heavy atom. The fourth-order valence-electron chi connectivity index (χ4n) is 2.62. The Morgan fingerprint density at radius 1 is 1.28 bits per heavy atom. The van der Waals surface area contributed by atoms with Gasteiger partial charge in [0.25, 0.3) is 0 Å². The molecule has 0 saturated heterocycles. The number of nitrogens with two attached hydrogens (primary N) is 1. The van der Waals surface area contributed by atoms with Crippen molar-refractivity contribution in [3.05, 3.63) is 35.4 Å². The van der Waals surface area contributed by atoms with Gasteiger partial charge in [-0.05, 0) is 30.4 Å². The smallest absolute Gasteiger partial charge is 0.0628 e. The lowest BCUT2D eigenvalue weighted by molar-refractivity contribution is 0.196. The third-order valence-electron chi connectivity index (χ3n) is 3.94. The molecular formula is C15H23NOS. The largest absolute Gasteiger partial charge is 0.392 e. The van der Waals surface area contributed by atoms with E-state index in [2.05, 4.69) is 38.1 Å². The van der Waals surface area contributed by atoms with Gasteiger partial charge in [-0.15, -0.1) is 0 Å². The van der Waals surface area contributed by atoms with Gasteiger partial charge in [0.05, 0.1) is 6.10 Å². The molecule has 0 saturated carbocycles. The number of aliphatic hydroxyl groups is 1. The van der Waals surface area contributed by atoms with E-state index in [4.69, 9.17) is 5.73 Å². The lowest BCUT2D eigenvalue weighted by Gasteiger charge is -2.36. The van der Waals surface area contributed by atoms with Gasteiger partial charge < -0.3 is 10.8 Å². The molecule has 1 aliphatic rings. The topological polar surface area (TPSA) is 46.2 Å². The number of thioether (sulfide) groups is 1. The lowest BCUT2D eigenvalue weighted by atomic mass is 9.81. The first-order valence-corrected chi connectivity index (χ1v) is 7.63. The van der Waals surface area contributed by atoms with Crippen molar-refractivity contribution in [2.45, 2.75) is 55.8 Å². The highest BCUT2D eigenvalue weighted by Crippen LogP contribution is 2.42. The molecular weight excluding hydrogens is 242 g/mol. The van der Waals surface area contributed by atoms with Gasteiger partial charge in [0.1, 0.15) is 0 Å². The van der Waals surface area contributed by atoms with E-state index >= 15 is 0 Å². The number of aliphatic hydroxyl groups excluding tert-OH is 1. The number of fused-ring (bicyclic) bond motifs is 1. The van der Waals surface area contributed by atoms with Crippen LogP contribution in [-0.4, -0.2) is 21.7 Å². The molecule has 0 fully saturated rings. The predicted molar refractivity (Wildman–Crippen MR) is 78.9 cm³/mol. The zero-order valence-electron chi connectivity index (χ0n) is 11.3. The van der Waals surface area contributed by atoms with Gasteiger partial charge in [-0.25, -0.2) is 0 Å². The van der Waals surface area contributed by atoms with Crippen LogP contribution in [0.2, 0.25) is 0 Å². The molecule has 1 aliphatic carbocycles. The quantitative estimate of drug-likeness (QED) is 0.883. The Morgan fingerprint density at radius 3 is 2.50 bits per heavy atom. The third kappa shape index (κ3) is 2.73. The van der Waals surface area contributed by atoms with Crippen LogP contribution in [0.1, 0.15) is 50.3 Å². The van der Waals surface area contributed by atoms with Crippen LogP contribution >= 0.6 is 11.8 Å². The molecule has 0 bridgehead atoms. The van der Waals surface area contributed by atoms with Crippen LogP contribution in [0.15, 0.2) is 24.3 Å². The predicted octanol–water partition coefficient (Wildman–Crippen LogP) is 3.06. The summed E-state index contributed by atoms with van der Waals surface area (Å²) < 4.78 is 0. The van der Waals surface area contributed by atoms with Crippen LogP contribution in [0.5, 0.6) is 0 Å². The normalized spacial score (nSPS) is 30.6. The first-order valence-electron chi connectivity index (χ1n) is 6.68. The number of rotatable bonds is 3. The molecule has 100 valence electrons. The van der Waals surface area contributed by atoms with Crippen molar-refractivity contribution >= 4 is 11.8 Å². The van der Waals surface area contributed by atoms with E-state index < -0.39 is 0 Å². The first kappa shape index (κ1) is 13.9. The molecule has 5 atom stereocenters. The van der Waals surface area contributed by atoms with E-state index in [-0.39, 0.29) is 17.4 Å². The molecule has 18 heavy (non-hydrogen) atoms. The summed E-state index contributed by atoms with van der Waals surface area (Å²) in [6, 6.07) is 8.59. The van der Waals surface area contributed by atoms with Crippen LogP contribution in [0.4, 0.5) is 0 Å². The molecule has 2 rings (SSSR count). The highest BCUT2D eigenvalue weighted by atomic mass is 32.2. The van der Waals surface area contributed by atoms with Crippen LogP contribution in [0.25, 0.3) is 0 Å². The second-order valence-corrected chi connectivity index (χ2v) is 7.03. The molecule has 3 heteroatoms. The van der Waals surface area contributed by atoms with Crippen molar-refractivity contribution in [2.75, 3.05) is 0 Å². The van der Waals surface area contributed by atoms with Crippen molar-refractivity contribution in [3.8, 4) is 0 Å². The van der Waals surface area contributed by atoms with Crippen molar-refractivity contribution < 1.29 is 5.11 Å². The highest BCUT2D eigenvalue weighted by molar-refractivity contribution is 8.00. The molecule has 0 heterocycles. The molecule has 0 spiro atoms. The van der Waals surface area contributed by atoms with E-state index in [9.17, 15) is 5.11 Å². The number of benzene rings is 1. The van der Waals surface area contributed by atoms with E-state index in [0.717, 1.165) is 6.42 Å². The maximum Gasteiger partial charge on any atom is 0.0628 e. The summed E-state index contributed by atoms with van der Waals surface area (Å²) in [5.74, 6) is 0.555. The molecule has 0 radical (unpaired) electrons. The molecule has 0 aromatic heterocycles. The van der Waals surface area contributed by atoms with Crippen LogP contribution < -0.4 is 5.73 Å². The fraction of sp³-hybridized carbons (Fsp3) is 0.600. The Balaban J connectivity index is 2.18. The van der Waals surface area contributed by atoms with Crippen LogP contribution in [-0.2, 0) is 0 Å². The maximum absolute atomic E-state index is 9.64. The minimum absolute atomic E-state index is 0.0867. The van der Waals surface area contributed by atoms with Crippen LogP contribution in [0.3, 0.4) is 0 Å². The summed E-state index contributed by atoms with van der Waals surface area (Å²) in [6.45, 7) is 6.20. The van der Waals surface area contributed by atoms with Crippen molar-refractivity contribution in [1.82, 2.24) is 0 Å². The van der Waals surface area contributed by atoms with Crippen LogP contribution in [0, 0.1) is 0 Å². The third-order valence-corrected chi connectivity index (χ3v) is 5.60.